The third-order valence-corrected chi connectivity index (χ3v) is 2.80. The third kappa shape index (κ3) is 3.31. The molecule has 0 radical (unpaired) electrons. The van der Waals surface area contributed by atoms with Crippen molar-refractivity contribution in [2.24, 2.45) is 0 Å². The van der Waals surface area contributed by atoms with Gasteiger partial charge in [0.2, 0.25) is 0 Å². The number of benzene rings is 1. The second-order valence-electron chi connectivity index (χ2n) is 3.47. The summed E-state index contributed by atoms with van der Waals surface area (Å²) in [7, 11) is 0. The predicted octanol–water partition coefficient (Wildman–Crippen LogP) is 2.38. The van der Waals surface area contributed by atoms with Crippen molar-refractivity contribution < 1.29 is 13.9 Å². The Morgan fingerprint density at radius 3 is 2.69 bits per heavy atom. The summed E-state index contributed by atoms with van der Waals surface area (Å²) in [5.41, 5.74) is 7.76. The van der Waals surface area contributed by atoms with Crippen LogP contribution in [0.15, 0.2) is 16.6 Å². The summed E-state index contributed by atoms with van der Waals surface area (Å²) < 4.78 is 24.8. The van der Waals surface area contributed by atoms with E-state index in [2.05, 4.69) is 21.2 Å². The molecule has 0 aromatic heterocycles. The molecule has 1 atom stereocenters. The lowest BCUT2D eigenvalue weighted by atomic mass is 10.2. The molecule has 90 valence electrons. The van der Waals surface area contributed by atoms with Crippen LogP contribution >= 0.6 is 15.9 Å². The number of hydrogen-bond donors (Lipinski definition) is 3. The SMILES string of the molecule is Cc1cc(NCC(O)C(F)F)c(Br)cc1N. The molecule has 4 N–H and O–H groups in total. The van der Waals surface area contributed by atoms with Gasteiger partial charge in [0.25, 0.3) is 6.43 Å². The molecule has 0 amide bonds. The first-order valence-corrected chi connectivity index (χ1v) is 5.47. The molecule has 0 fully saturated rings. The number of aryl methyl sites for hydroxylation is 1. The molecule has 3 nitrogen and oxygen atoms in total. The highest BCUT2D eigenvalue weighted by atomic mass is 79.9. The van der Waals surface area contributed by atoms with Gasteiger partial charge in [-0.15, -0.1) is 0 Å². The number of aliphatic hydroxyl groups is 1. The van der Waals surface area contributed by atoms with Gasteiger partial charge >= 0.3 is 0 Å². The first-order chi connectivity index (χ1) is 7.41. The van der Waals surface area contributed by atoms with Crippen molar-refractivity contribution in [1.29, 1.82) is 0 Å². The van der Waals surface area contributed by atoms with E-state index < -0.39 is 12.5 Å². The van der Waals surface area contributed by atoms with E-state index in [0.29, 0.717) is 15.8 Å². The molecule has 0 bridgehead atoms. The first kappa shape index (κ1) is 13.2. The smallest absolute Gasteiger partial charge is 0.265 e. The van der Waals surface area contributed by atoms with Gasteiger partial charge in [-0.05, 0) is 40.5 Å². The monoisotopic (exact) mass is 294 g/mol. The van der Waals surface area contributed by atoms with E-state index in [1.54, 1.807) is 12.1 Å². The van der Waals surface area contributed by atoms with Crippen LogP contribution in [0.3, 0.4) is 0 Å². The highest BCUT2D eigenvalue weighted by Gasteiger charge is 2.16. The average Bonchev–Trinajstić information content (AvgIpc) is 2.20. The molecular formula is C10H13BrF2N2O. The molecule has 6 heteroatoms. The molecular weight excluding hydrogens is 282 g/mol. The molecule has 0 heterocycles. The van der Waals surface area contributed by atoms with Gasteiger partial charge in [-0.25, -0.2) is 8.78 Å². The first-order valence-electron chi connectivity index (χ1n) is 4.67. The minimum Gasteiger partial charge on any atom is -0.398 e. The fourth-order valence-electron chi connectivity index (χ4n) is 1.14. The average molecular weight is 295 g/mol. The number of rotatable bonds is 4. The molecule has 1 rings (SSSR count). The number of anilines is 2. The number of alkyl halides is 2. The van der Waals surface area contributed by atoms with Gasteiger partial charge < -0.3 is 16.2 Å². The normalized spacial score (nSPS) is 12.9. The standard InChI is InChI=1S/C10H13BrF2N2O/c1-5-2-8(6(11)3-7(5)14)15-4-9(16)10(12)13/h2-3,9-10,15-16H,4,14H2,1H3. The maximum atomic E-state index is 12.1. The zero-order valence-electron chi connectivity index (χ0n) is 8.67. The number of nitrogens with one attached hydrogen (secondary N) is 1. The van der Waals surface area contributed by atoms with Crippen molar-refractivity contribution in [1.82, 2.24) is 0 Å². The fraction of sp³-hybridized carbons (Fsp3) is 0.400. The van der Waals surface area contributed by atoms with E-state index in [-0.39, 0.29) is 6.54 Å². The Morgan fingerprint density at radius 1 is 1.50 bits per heavy atom. The van der Waals surface area contributed by atoms with Crippen molar-refractivity contribution in [3.63, 3.8) is 0 Å². The zero-order chi connectivity index (χ0) is 12.3. The molecule has 1 aromatic rings. The molecule has 1 unspecified atom stereocenters. The third-order valence-electron chi connectivity index (χ3n) is 2.15. The molecule has 0 saturated carbocycles. The van der Waals surface area contributed by atoms with Gasteiger partial charge in [-0.1, -0.05) is 0 Å². The van der Waals surface area contributed by atoms with Crippen molar-refractivity contribution >= 4 is 27.3 Å². The minimum absolute atomic E-state index is 0.209. The Bertz CT molecular complexity index is 374. The number of hydrogen-bond acceptors (Lipinski definition) is 3. The number of halogens is 3. The second kappa shape index (κ2) is 5.45. The van der Waals surface area contributed by atoms with E-state index in [1.165, 1.54) is 0 Å². The maximum absolute atomic E-state index is 12.1. The maximum Gasteiger partial charge on any atom is 0.265 e. The quantitative estimate of drug-likeness (QED) is 0.747. The van der Waals surface area contributed by atoms with Gasteiger partial charge in [-0.3, -0.25) is 0 Å². The minimum atomic E-state index is -2.75. The van der Waals surface area contributed by atoms with Gasteiger partial charge in [0, 0.05) is 22.4 Å². The van der Waals surface area contributed by atoms with Crippen molar-refractivity contribution in [3.05, 3.63) is 22.2 Å². The lowest BCUT2D eigenvalue weighted by Gasteiger charge is -2.14. The topological polar surface area (TPSA) is 58.3 Å². The number of aliphatic hydroxyl groups excluding tert-OH is 1. The Morgan fingerprint density at radius 2 is 2.12 bits per heavy atom. The molecule has 0 aliphatic carbocycles. The summed E-state index contributed by atoms with van der Waals surface area (Å²) in [5, 5.41) is 11.7. The fourth-order valence-corrected chi connectivity index (χ4v) is 1.64. The van der Waals surface area contributed by atoms with Gasteiger partial charge in [-0.2, -0.15) is 0 Å². The highest BCUT2D eigenvalue weighted by molar-refractivity contribution is 9.10. The molecule has 16 heavy (non-hydrogen) atoms. The molecule has 0 saturated heterocycles. The summed E-state index contributed by atoms with van der Waals surface area (Å²) in [6.07, 6.45) is -4.43. The Kier molecular flexibility index (Phi) is 4.49. The lowest BCUT2D eigenvalue weighted by Crippen LogP contribution is -2.26. The van der Waals surface area contributed by atoms with Crippen LogP contribution in [0, 0.1) is 6.92 Å². The van der Waals surface area contributed by atoms with Gasteiger partial charge in [0.1, 0.15) is 6.10 Å². The van der Waals surface area contributed by atoms with E-state index in [0.717, 1.165) is 5.56 Å². The Hall–Kier alpha value is -0.880. The van der Waals surface area contributed by atoms with E-state index in [9.17, 15) is 8.78 Å². The van der Waals surface area contributed by atoms with Crippen LogP contribution in [0.5, 0.6) is 0 Å². The lowest BCUT2D eigenvalue weighted by molar-refractivity contribution is 0.00384. The zero-order valence-corrected chi connectivity index (χ0v) is 10.3. The van der Waals surface area contributed by atoms with Gasteiger partial charge in [0.05, 0.1) is 0 Å². The summed E-state index contributed by atoms with van der Waals surface area (Å²) in [5.74, 6) is 0. The largest absolute Gasteiger partial charge is 0.398 e. The van der Waals surface area contributed by atoms with Crippen LogP contribution < -0.4 is 11.1 Å². The highest BCUT2D eigenvalue weighted by Crippen LogP contribution is 2.27. The van der Waals surface area contributed by atoms with E-state index in [1.807, 2.05) is 6.92 Å². The number of nitrogens with two attached hydrogens (primary N) is 1. The van der Waals surface area contributed by atoms with Crippen LogP contribution in [-0.4, -0.2) is 24.2 Å². The Balaban J connectivity index is 2.71. The summed E-state index contributed by atoms with van der Waals surface area (Å²) in [4.78, 5) is 0. The predicted molar refractivity (Wildman–Crippen MR) is 63.8 cm³/mol. The summed E-state index contributed by atoms with van der Waals surface area (Å²) in [6.45, 7) is 1.61. The van der Waals surface area contributed by atoms with Crippen LogP contribution in [-0.2, 0) is 0 Å². The van der Waals surface area contributed by atoms with E-state index in [4.69, 9.17) is 10.8 Å². The van der Waals surface area contributed by atoms with Crippen LogP contribution in [0.4, 0.5) is 20.2 Å². The molecule has 0 aliphatic rings. The summed E-state index contributed by atoms with van der Waals surface area (Å²) in [6, 6.07) is 3.42. The Labute approximate surface area is 101 Å². The van der Waals surface area contributed by atoms with Crippen LogP contribution in [0.2, 0.25) is 0 Å². The van der Waals surface area contributed by atoms with Crippen molar-refractivity contribution in [2.75, 3.05) is 17.6 Å². The van der Waals surface area contributed by atoms with Crippen molar-refractivity contribution in [3.8, 4) is 0 Å². The van der Waals surface area contributed by atoms with Crippen LogP contribution in [0.25, 0.3) is 0 Å². The van der Waals surface area contributed by atoms with Crippen molar-refractivity contribution in [2.45, 2.75) is 19.5 Å². The molecule has 0 spiro atoms. The van der Waals surface area contributed by atoms with Gasteiger partial charge in [0.15, 0.2) is 0 Å². The number of nitrogen functional groups attached to an aromatic ring is 1. The molecule has 1 aromatic carbocycles. The summed E-state index contributed by atoms with van der Waals surface area (Å²) >= 11 is 3.26. The molecule has 0 aliphatic heterocycles. The van der Waals surface area contributed by atoms with E-state index >= 15 is 0 Å². The second-order valence-corrected chi connectivity index (χ2v) is 4.33. The van der Waals surface area contributed by atoms with Crippen LogP contribution in [0.1, 0.15) is 5.56 Å².